The highest BCUT2D eigenvalue weighted by atomic mass is 79.9. The second-order valence-electron chi connectivity index (χ2n) is 5.47. The lowest BCUT2D eigenvalue weighted by Gasteiger charge is -2.24. The molecule has 8 heteroatoms. The fourth-order valence-electron chi connectivity index (χ4n) is 2.77. The van der Waals surface area contributed by atoms with Crippen molar-refractivity contribution in [1.82, 2.24) is 9.62 Å². The first kappa shape index (κ1) is 18.7. The summed E-state index contributed by atoms with van der Waals surface area (Å²) in [7, 11) is -0.482. The van der Waals surface area contributed by atoms with E-state index in [1.54, 1.807) is 25.3 Å². The highest BCUT2D eigenvalue weighted by Crippen LogP contribution is 2.27. The summed E-state index contributed by atoms with van der Waals surface area (Å²) in [5.74, 6) is 0.336. The van der Waals surface area contributed by atoms with E-state index in [1.165, 1.54) is 7.11 Å². The summed E-state index contributed by atoms with van der Waals surface area (Å²) in [6.07, 6.45) is 2.07. The van der Waals surface area contributed by atoms with Crippen molar-refractivity contribution in [3.63, 3.8) is 0 Å². The monoisotopic (exact) mass is 406 g/mol. The van der Waals surface area contributed by atoms with Crippen molar-refractivity contribution in [3.8, 4) is 5.75 Å². The van der Waals surface area contributed by atoms with Gasteiger partial charge in [-0.15, -0.1) is 0 Å². The van der Waals surface area contributed by atoms with Crippen LogP contribution in [0.1, 0.15) is 12.8 Å². The Balaban J connectivity index is 2.05. The van der Waals surface area contributed by atoms with Crippen molar-refractivity contribution in [2.24, 2.45) is 0 Å². The zero-order valence-corrected chi connectivity index (χ0v) is 15.8. The van der Waals surface area contributed by atoms with Crippen LogP contribution < -0.4 is 9.46 Å². The van der Waals surface area contributed by atoms with Gasteiger partial charge in [-0.1, -0.05) is 15.9 Å². The van der Waals surface area contributed by atoms with Gasteiger partial charge in [0, 0.05) is 30.7 Å². The molecular weight excluding hydrogens is 384 g/mol. The Labute approximate surface area is 146 Å². The summed E-state index contributed by atoms with van der Waals surface area (Å²) in [5, 5.41) is 0. The molecule has 1 atom stereocenters. The van der Waals surface area contributed by atoms with Crippen LogP contribution in [0.4, 0.5) is 0 Å². The van der Waals surface area contributed by atoms with E-state index in [2.05, 4.69) is 25.6 Å². The number of methoxy groups -OCH3 is 2. The van der Waals surface area contributed by atoms with Crippen molar-refractivity contribution in [1.29, 1.82) is 0 Å². The lowest BCUT2D eigenvalue weighted by molar-refractivity contribution is 0.141. The van der Waals surface area contributed by atoms with E-state index >= 15 is 0 Å². The molecule has 0 amide bonds. The van der Waals surface area contributed by atoms with E-state index in [-0.39, 0.29) is 10.9 Å². The molecule has 0 aliphatic carbocycles. The second kappa shape index (κ2) is 8.43. The molecule has 0 spiro atoms. The molecule has 6 nitrogen and oxygen atoms in total. The molecule has 2 rings (SSSR count). The van der Waals surface area contributed by atoms with Gasteiger partial charge in [-0.2, -0.15) is 0 Å². The van der Waals surface area contributed by atoms with E-state index in [4.69, 9.17) is 9.47 Å². The number of benzene rings is 1. The Morgan fingerprint density at radius 3 is 2.87 bits per heavy atom. The summed E-state index contributed by atoms with van der Waals surface area (Å²) >= 11 is 3.30. The van der Waals surface area contributed by atoms with E-state index in [0.717, 1.165) is 25.9 Å². The van der Waals surface area contributed by atoms with Crippen LogP contribution in [0.5, 0.6) is 5.75 Å². The minimum Gasteiger partial charge on any atom is -0.495 e. The Morgan fingerprint density at radius 1 is 1.39 bits per heavy atom. The number of nitrogens with zero attached hydrogens (tertiary/aromatic N) is 1. The molecule has 0 aromatic heterocycles. The highest BCUT2D eigenvalue weighted by molar-refractivity contribution is 9.10. The van der Waals surface area contributed by atoms with Crippen molar-refractivity contribution in [2.45, 2.75) is 23.8 Å². The second-order valence-corrected chi connectivity index (χ2v) is 8.12. The number of halogens is 1. The molecule has 0 saturated carbocycles. The first-order valence-electron chi connectivity index (χ1n) is 7.54. The largest absolute Gasteiger partial charge is 0.495 e. The number of likely N-dealkylation sites (tertiary alicyclic amines) is 1. The number of hydrogen-bond acceptors (Lipinski definition) is 5. The smallest absolute Gasteiger partial charge is 0.244 e. The number of nitrogens with one attached hydrogen (secondary N) is 1. The lowest BCUT2D eigenvalue weighted by Crippen LogP contribution is -2.41. The fourth-order valence-corrected chi connectivity index (χ4v) is 4.55. The molecule has 1 aromatic rings. The first-order valence-corrected chi connectivity index (χ1v) is 9.81. The summed E-state index contributed by atoms with van der Waals surface area (Å²) < 4.78 is 38.9. The summed E-state index contributed by atoms with van der Waals surface area (Å²) in [4.78, 5) is 2.42. The Morgan fingerprint density at radius 2 is 2.17 bits per heavy atom. The number of sulfonamides is 1. The average molecular weight is 407 g/mol. The van der Waals surface area contributed by atoms with E-state index in [0.29, 0.717) is 23.4 Å². The van der Waals surface area contributed by atoms with Gasteiger partial charge in [0.15, 0.2) is 0 Å². The Kier molecular flexibility index (Phi) is 6.84. The van der Waals surface area contributed by atoms with Crippen LogP contribution in [-0.4, -0.2) is 59.8 Å². The zero-order valence-electron chi connectivity index (χ0n) is 13.4. The maximum Gasteiger partial charge on any atom is 0.244 e. The summed E-state index contributed by atoms with van der Waals surface area (Å²) in [6.45, 7) is 2.85. The van der Waals surface area contributed by atoms with Crippen LogP contribution in [-0.2, 0) is 14.8 Å². The third kappa shape index (κ3) is 4.90. The molecule has 23 heavy (non-hydrogen) atoms. The van der Waals surface area contributed by atoms with Gasteiger partial charge in [0.1, 0.15) is 10.6 Å². The minimum absolute atomic E-state index is 0.149. The normalized spacial score (nSPS) is 19.2. The van der Waals surface area contributed by atoms with Crippen LogP contribution in [0.15, 0.2) is 27.6 Å². The molecule has 1 N–H and O–H groups in total. The van der Waals surface area contributed by atoms with Crippen molar-refractivity contribution in [3.05, 3.63) is 22.7 Å². The number of rotatable bonds is 8. The van der Waals surface area contributed by atoms with Gasteiger partial charge in [0.25, 0.3) is 0 Å². The topological polar surface area (TPSA) is 67.9 Å². The van der Waals surface area contributed by atoms with Gasteiger partial charge in [0.05, 0.1) is 13.7 Å². The molecule has 130 valence electrons. The maximum absolute atomic E-state index is 12.6. The number of hydrogen-bond donors (Lipinski definition) is 1. The van der Waals surface area contributed by atoms with Crippen LogP contribution in [0.25, 0.3) is 0 Å². The van der Waals surface area contributed by atoms with Gasteiger partial charge < -0.3 is 9.47 Å². The van der Waals surface area contributed by atoms with Crippen molar-refractivity contribution in [2.75, 3.05) is 40.5 Å². The SMILES string of the molecule is COCCN1CCCC1CNS(=O)(=O)c1cc(Br)ccc1OC. The van der Waals surface area contributed by atoms with Crippen molar-refractivity contribution >= 4 is 26.0 Å². The minimum atomic E-state index is -3.62. The third-order valence-corrected chi connectivity index (χ3v) is 5.94. The molecule has 1 unspecified atom stereocenters. The zero-order chi connectivity index (χ0) is 16.9. The van der Waals surface area contributed by atoms with Gasteiger partial charge in [-0.05, 0) is 37.6 Å². The maximum atomic E-state index is 12.6. The standard InChI is InChI=1S/C15H23BrN2O4S/c1-21-9-8-18-7-3-4-13(18)11-17-23(19,20)15-10-12(16)5-6-14(15)22-2/h5-6,10,13,17H,3-4,7-9,11H2,1-2H3. The number of ether oxygens (including phenoxy) is 2. The van der Waals surface area contributed by atoms with Crippen LogP contribution in [0.3, 0.4) is 0 Å². The van der Waals surface area contributed by atoms with Crippen LogP contribution in [0, 0.1) is 0 Å². The van der Waals surface area contributed by atoms with Crippen LogP contribution >= 0.6 is 15.9 Å². The molecule has 0 bridgehead atoms. The lowest BCUT2D eigenvalue weighted by atomic mass is 10.2. The molecule has 1 aromatic carbocycles. The molecule has 1 fully saturated rings. The summed E-state index contributed by atoms with van der Waals surface area (Å²) in [6, 6.07) is 5.15. The van der Waals surface area contributed by atoms with Gasteiger partial charge in [0.2, 0.25) is 10.0 Å². The van der Waals surface area contributed by atoms with E-state index in [9.17, 15) is 8.42 Å². The molecular formula is C15H23BrN2O4S. The third-order valence-electron chi connectivity index (χ3n) is 4.01. The summed E-state index contributed by atoms with van der Waals surface area (Å²) in [5.41, 5.74) is 0. The Hall–Kier alpha value is -0.670. The van der Waals surface area contributed by atoms with Crippen LogP contribution in [0.2, 0.25) is 0 Å². The predicted molar refractivity (Wildman–Crippen MR) is 92.4 cm³/mol. The first-order chi connectivity index (χ1) is 11.0. The quantitative estimate of drug-likeness (QED) is 0.713. The fraction of sp³-hybridized carbons (Fsp3) is 0.600. The highest BCUT2D eigenvalue weighted by Gasteiger charge is 2.27. The molecule has 1 heterocycles. The van der Waals surface area contributed by atoms with E-state index < -0.39 is 10.0 Å². The Bertz CT molecular complexity index is 624. The van der Waals surface area contributed by atoms with Gasteiger partial charge >= 0.3 is 0 Å². The molecule has 0 radical (unpaired) electrons. The average Bonchev–Trinajstić information content (AvgIpc) is 2.98. The van der Waals surface area contributed by atoms with E-state index in [1.807, 2.05) is 0 Å². The molecule has 1 aliphatic rings. The predicted octanol–water partition coefficient (Wildman–Crippen LogP) is 1.85. The van der Waals surface area contributed by atoms with Gasteiger partial charge in [-0.25, -0.2) is 13.1 Å². The molecule has 1 saturated heterocycles. The van der Waals surface area contributed by atoms with Crippen molar-refractivity contribution < 1.29 is 17.9 Å². The van der Waals surface area contributed by atoms with Gasteiger partial charge in [-0.3, -0.25) is 4.90 Å². The molecule has 1 aliphatic heterocycles.